The van der Waals surface area contributed by atoms with Crippen LogP contribution in [0.4, 0.5) is 0 Å². The highest BCUT2D eigenvalue weighted by Gasteiger charge is 2.17. The van der Waals surface area contributed by atoms with Crippen LogP contribution in [0.25, 0.3) is 0 Å². The van der Waals surface area contributed by atoms with E-state index in [2.05, 4.69) is 10.2 Å². The van der Waals surface area contributed by atoms with Crippen molar-refractivity contribution in [1.82, 2.24) is 24.5 Å². The van der Waals surface area contributed by atoms with Gasteiger partial charge in [0.1, 0.15) is 18.1 Å². The number of hydrogen-bond acceptors (Lipinski definition) is 4. The molecule has 0 bridgehead atoms. The van der Waals surface area contributed by atoms with Crippen LogP contribution in [0.1, 0.15) is 23.1 Å². The molecule has 0 N–H and O–H groups in total. The normalized spacial score (nSPS) is 10.9. The van der Waals surface area contributed by atoms with Crippen molar-refractivity contribution >= 4 is 17.5 Å². The Labute approximate surface area is 128 Å². The molecule has 0 radical (unpaired) electrons. The molecule has 21 heavy (non-hydrogen) atoms. The van der Waals surface area contributed by atoms with E-state index in [1.165, 1.54) is 4.90 Å². The number of methoxy groups -OCH3 is 1. The quantitative estimate of drug-likeness (QED) is 0.813. The third-order valence-electron chi connectivity index (χ3n) is 2.97. The van der Waals surface area contributed by atoms with E-state index in [4.69, 9.17) is 16.3 Å². The highest BCUT2D eigenvalue weighted by atomic mass is 35.5. The van der Waals surface area contributed by atoms with E-state index in [0.717, 1.165) is 6.54 Å². The van der Waals surface area contributed by atoms with Crippen LogP contribution in [0.3, 0.4) is 0 Å². The van der Waals surface area contributed by atoms with Crippen LogP contribution in [0, 0.1) is 0 Å². The molecule has 0 saturated heterocycles. The first-order valence-electron chi connectivity index (χ1n) is 6.54. The van der Waals surface area contributed by atoms with Crippen LogP contribution in [0.15, 0.2) is 18.5 Å². The third-order valence-corrected chi connectivity index (χ3v) is 3.28. The highest BCUT2D eigenvalue weighted by Crippen LogP contribution is 2.16. The van der Waals surface area contributed by atoms with Crippen molar-refractivity contribution in [3.8, 4) is 0 Å². The molecule has 8 heteroatoms. The zero-order chi connectivity index (χ0) is 15.4. The highest BCUT2D eigenvalue weighted by molar-refractivity contribution is 6.31. The van der Waals surface area contributed by atoms with Crippen LogP contribution in [0.5, 0.6) is 0 Å². The van der Waals surface area contributed by atoms with Crippen LogP contribution in [-0.4, -0.2) is 44.5 Å². The molecular formula is C13H18ClN5O2. The Hall–Kier alpha value is -1.86. The minimum atomic E-state index is -0.188. The second-order valence-electron chi connectivity index (χ2n) is 4.60. The number of rotatable bonds is 6. The average Bonchev–Trinajstić information content (AvgIpc) is 3.06. The number of halogens is 1. The summed E-state index contributed by atoms with van der Waals surface area (Å²) >= 11 is 6.11. The minimum Gasteiger partial charge on any atom is -0.362 e. The Morgan fingerprint density at radius 1 is 1.43 bits per heavy atom. The number of carbonyl (C=O) groups excluding carboxylic acids is 1. The van der Waals surface area contributed by atoms with Gasteiger partial charge in [-0.05, 0) is 13.0 Å². The topological polar surface area (TPSA) is 65.2 Å². The van der Waals surface area contributed by atoms with Crippen molar-refractivity contribution in [2.75, 3.05) is 14.2 Å². The summed E-state index contributed by atoms with van der Waals surface area (Å²) in [5, 5.41) is 9.03. The summed E-state index contributed by atoms with van der Waals surface area (Å²) in [4.78, 5) is 13.8. The van der Waals surface area contributed by atoms with Gasteiger partial charge in [-0.25, -0.2) is 4.68 Å². The molecule has 0 aromatic carbocycles. The van der Waals surface area contributed by atoms with Gasteiger partial charge in [-0.15, -0.1) is 0 Å². The van der Waals surface area contributed by atoms with E-state index in [-0.39, 0.29) is 5.91 Å². The molecule has 0 fully saturated rings. The maximum Gasteiger partial charge on any atom is 0.274 e. The molecule has 0 atom stereocenters. The van der Waals surface area contributed by atoms with Crippen molar-refractivity contribution in [3.05, 3.63) is 34.9 Å². The zero-order valence-corrected chi connectivity index (χ0v) is 13.0. The van der Waals surface area contributed by atoms with E-state index < -0.39 is 0 Å². The fraction of sp³-hybridized carbons (Fsp3) is 0.462. The molecular weight excluding hydrogens is 294 g/mol. The lowest BCUT2D eigenvalue weighted by molar-refractivity contribution is 0.0771. The van der Waals surface area contributed by atoms with Gasteiger partial charge in [0.15, 0.2) is 0 Å². The second kappa shape index (κ2) is 6.73. The Bertz CT molecular complexity index is 622. The van der Waals surface area contributed by atoms with Gasteiger partial charge >= 0.3 is 0 Å². The van der Waals surface area contributed by atoms with E-state index in [1.54, 1.807) is 42.0 Å². The SMILES string of the molecule is CCn1cc(Cl)c(CN(C)C(=O)c2ccn(COC)n2)n1. The first-order chi connectivity index (χ1) is 10.0. The van der Waals surface area contributed by atoms with Gasteiger partial charge in [0, 0.05) is 33.1 Å². The third kappa shape index (κ3) is 3.62. The lowest BCUT2D eigenvalue weighted by Gasteiger charge is -2.14. The number of aromatic nitrogens is 4. The lowest BCUT2D eigenvalue weighted by Crippen LogP contribution is -2.27. The molecule has 2 aromatic rings. The summed E-state index contributed by atoms with van der Waals surface area (Å²) in [7, 11) is 3.26. The molecule has 114 valence electrons. The summed E-state index contributed by atoms with van der Waals surface area (Å²) in [6.45, 7) is 3.36. The van der Waals surface area contributed by atoms with E-state index >= 15 is 0 Å². The van der Waals surface area contributed by atoms with E-state index in [1.807, 2.05) is 6.92 Å². The fourth-order valence-electron chi connectivity index (χ4n) is 1.88. The van der Waals surface area contributed by atoms with Crippen LogP contribution < -0.4 is 0 Å². The summed E-state index contributed by atoms with van der Waals surface area (Å²) in [6, 6.07) is 1.66. The van der Waals surface area contributed by atoms with Gasteiger partial charge in [-0.2, -0.15) is 10.2 Å². The van der Waals surface area contributed by atoms with Gasteiger partial charge in [0.05, 0.1) is 11.6 Å². The molecule has 1 amide bonds. The van der Waals surface area contributed by atoms with Gasteiger partial charge in [-0.3, -0.25) is 9.48 Å². The van der Waals surface area contributed by atoms with Crippen LogP contribution in [-0.2, 0) is 24.6 Å². The molecule has 0 unspecified atom stereocenters. The summed E-state index contributed by atoms with van der Waals surface area (Å²) in [6.07, 6.45) is 3.45. The van der Waals surface area contributed by atoms with Gasteiger partial charge in [-0.1, -0.05) is 11.6 Å². The Kier molecular flexibility index (Phi) is 4.98. The predicted molar refractivity (Wildman–Crippen MR) is 77.9 cm³/mol. The number of amides is 1. The smallest absolute Gasteiger partial charge is 0.274 e. The van der Waals surface area contributed by atoms with Gasteiger partial charge in [0.2, 0.25) is 0 Å². The molecule has 0 aliphatic rings. The lowest BCUT2D eigenvalue weighted by atomic mass is 10.3. The summed E-state index contributed by atoms with van der Waals surface area (Å²) in [5.41, 5.74) is 1.03. The predicted octanol–water partition coefficient (Wildman–Crippen LogP) is 1.63. The number of carbonyl (C=O) groups is 1. The maximum absolute atomic E-state index is 12.3. The molecule has 2 aromatic heterocycles. The van der Waals surface area contributed by atoms with Crippen molar-refractivity contribution < 1.29 is 9.53 Å². The minimum absolute atomic E-state index is 0.188. The van der Waals surface area contributed by atoms with Crippen molar-refractivity contribution in [1.29, 1.82) is 0 Å². The Morgan fingerprint density at radius 2 is 2.19 bits per heavy atom. The van der Waals surface area contributed by atoms with Crippen LogP contribution in [0.2, 0.25) is 5.02 Å². The van der Waals surface area contributed by atoms with Crippen molar-refractivity contribution in [2.45, 2.75) is 26.7 Å². The monoisotopic (exact) mass is 311 g/mol. The first kappa shape index (κ1) is 15.5. The number of nitrogens with zero attached hydrogens (tertiary/aromatic N) is 5. The molecule has 7 nitrogen and oxygen atoms in total. The fourth-order valence-corrected chi connectivity index (χ4v) is 2.09. The van der Waals surface area contributed by atoms with Crippen LogP contribution >= 0.6 is 11.6 Å². The van der Waals surface area contributed by atoms with Gasteiger partial charge < -0.3 is 9.64 Å². The first-order valence-corrected chi connectivity index (χ1v) is 6.92. The molecule has 2 heterocycles. The molecule has 0 aliphatic carbocycles. The second-order valence-corrected chi connectivity index (χ2v) is 5.01. The standard InChI is InChI=1S/C13H18ClN5O2/c1-4-18-7-10(14)12(16-18)8-17(2)13(20)11-5-6-19(15-11)9-21-3/h5-7H,4,8-9H2,1-3H3. The molecule has 0 saturated carbocycles. The number of aryl methyl sites for hydroxylation is 1. The number of ether oxygens (including phenoxy) is 1. The van der Waals surface area contributed by atoms with Gasteiger partial charge in [0.25, 0.3) is 5.91 Å². The zero-order valence-electron chi connectivity index (χ0n) is 12.3. The van der Waals surface area contributed by atoms with Crippen molar-refractivity contribution in [2.24, 2.45) is 0 Å². The van der Waals surface area contributed by atoms with Crippen molar-refractivity contribution in [3.63, 3.8) is 0 Å². The van der Waals surface area contributed by atoms with E-state index in [0.29, 0.717) is 29.7 Å². The largest absolute Gasteiger partial charge is 0.362 e. The van der Waals surface area contributed by atoms with E-state index in [9.17, 15) is 4.79 Å². The Morgan fingerprint density at radius 3 is 2.81 bits per heavy atom. The molecule has 2 rings (SSSR count). The maximum atomic E-state index is 12.3. The molecule has 0 spiro atoms. The summed E-state index contributed by atoms with van der Waals surface area (Å²) < 4.78 is 8.25. The molecule has 0 aliphatic heterocycles. The number of hydrogen-bond donors (Lipinski definition) is 0. The summed E-state index contributed by atoms with van der Waals surface area (Å²) in [5.74, 6) is -0.188. The Balaban J connectivity index is 2.05. The average molecular weight is 312 g/mol.